The highest BCUT2D eigenvalue weighted by Gasteiger charge is 2.26. The lowest BCUT2D eigenvalue weighted by Crippen LogP contribution is -2.36. The van der Waals surface area contributed by atoms with Crippen molar-refractivity contribution in [3.8, 4) is 0 Å². The van der Waals surface area contributed by atoms with Gasteiger partial charge in [-0.15, -0.1) is 0 Å². The largest absolute Gasteiger partial charge is 0.481 e. The highest BCUT2D eigenvalue weighted by molar-refractivity contribution is 5.70. The summed E-state index contributed by atoms with van der Waals surface area (Å²) in [6.07, 6.45) is 5.45. The summed E-state index contributed by atoms with van der Waals surface area (Å²) in [6.45, 7) is 2.75. The van der Waals surface area contributed by atoms with Gasteiger partial charge in [-0.25, -0.2) is 0 Å². The maximum atomic E-state index is 10.9. The first kappa shape index (κ1) is 12.1. The normalized spacial score (nSPS) is 24.8. The number of aromatic nitrogens is 2. The van der Waals surface area contributed by atoms with Crippen molar-refractivity contribution in [2.75, 3.05) is 0 Å². The summed E-state index contributed by atoms with van der Waals surface area (Å²) >= 11 is 0. The molecule has 0 saturated heterocycles. The fourth-order valence-corrected chi connectivity index (χ4v) is 2.41. The molecule has 1 aliphatic rings. The van der Waals surface area contributed by atoms with Crippen molar-refractivity contribution in [3.05, 3.63) is 17.5 Å². The number of nitrogens with one attached hydrogen (secondary N) is 2. The molecule has 2 rings (SSSR count). The second-order valence-electron chi connectivity index (χ2n) is 4.80. The molecular formula is C12H19N3O2. The number of nitrogens with zero attached hydrogens (tertiary/aromatic N) is 1. The van der Waals surface area contributed by atoms with E-state index in [9.17, 15) is 4.79 Å². The Balaban J connectivity index is 1.83. The number of H-pyrrole nitrogens is 1. The first-order valence-electron chi connectivity index (χ1n) is 6.12. The first-order valence-corrected chi connectivity index (χ1v) is 6.12. The maximum Gasteiger partial charge on any atom is 0.306 e. The van der Waals surface area contributed by atoms with Gasteiger partial charge in [0.25, 0.3) is 0 Å². The van der Waals surface area contributed by atoms with Crippen LogP contribution in [0.3, 0.4) is 0 Å². The molecule has 1 aromatic rings. The Bertz CT molecular complexity index is 389. The predicted molar refractivity (Wildman–Crippen MR) is 63.5 cm³/mol. The van der Waals surface area contributed by atoms with Crippen LogP contribution in [0.15, 0.2) is 6.20 Å². The monoisotopic (exact) mass is 237 g/mol. The van der Waals surface area contributed by atoms with E-state index in [1.807, 2.05) is 13.1 Å². The number of hydrogen-bond donors (Lipinski definition) is 3. The number of rotatable bonds is 4. The van der Waals surface area contributed by atoms with Crippen LogP contribution in [0.4, 0.5) is 0 Å². The fourth-order valence-electron chi connectivity index (χ4n) is 2.41. The average Bonchev–Trinajstić information content (AvgIpc) is 2.72. The van der Waals surface area contributed by atoms with E-state index in [1.54, 1.807) is 0 Å². The van der Waals surface area contributed by atoms with Crippen LogP contribution in [0.25, 0.3) is 0 Å². The minimum atomic E-state index is -0.656. The number of carbonyl (C=O) groups is 1. The highest BCUT2D eigenvalue weighted by atomic mass is 16.4. The van der Waals surface area contributed by atoms with Gasteiger partial charge in [0.15, 0.2) is 0 Å². The van der Waals surface area contributed by atoms with Gasteiger partial charge in [-0.1, -0.05) is 6.42 Å². The van der Waals surface area contributed by atoms with Crippen LogP contribution in [-0.2, 0) is 11.3 Å². The summed E-state index contributed by atoms with van der Waals surface area (Å²) in [5, 5.41) is 19.3. The lowest BCUT2D eigenvalue weighted by atomic mass is 9.86. The molecule has 17 heavy (non-hydrogen) atoms. The van der Waals surface area contributed by atoms with E-state index in [0.717, 1.165) is 43.5 Å². The number of carboxylic acid groups (broad SMARTS) is 1. The Morgan fingerprint density at radius 1 is 1.65 bits per heavy atom. The second kappa shape index (κ2) is 5.31. The van der Waals surface area contributed by atoms with Crippen LogP contribution >= 0.6 is 0 Å². The summed E-state index contributed by atoms with van der Waals surface area (Å²) in [5.74, 6) is -0.831. The van der Waals surface area contributed by atoms with Crippen LogP contribution in [0, 0.1) is 12.8 Å². The SMILES string of the molecule is Cc1[nH]ncc1CNC1CCCC(C(=O)O)C1. The van der Waals surface area contributed by atoms with E-state index >= 15 is 0 Å². The second-order valence-corrected chi connectivity index (χ2v) is 4.80. The lowest BCUT2D eigenvalue weighted by Gasteiger charge is -2.27. The zero-order valence-corrected chi connectivity index (χ0v) is 10.1. The number of carboxylic acids is 1. The van der Waals surface area contributed by atoms with Crippen molar-refractivity contribution in [1.29, 1.82) is 0 Å². The van der Waals surface area contributed by atoms with Gasteiger partial charge in [-0.2, -0.15) is 5.10 Å². The van der Waals surface area contributed by atoms with Crippen LogP contribution in [0.1, 0.15) is 36.9 Å². The van der Waals surface area contributed by atoms with Gasteiger partial charge in [-0.3, -0.25) is 9.89 Å². The van der Waals surface area contributed by atoms with Crippen LogP contribution in [0.2, 0.25) is 0 Å². The van der Waals surface area contributed by atoms with Crippen molar-refractivity contribution in [1.82, 2.24) is 15.5 Å². The van der Waals surface area contributed by atoms with E-state index < -0.39 is 5.97 Å². The van der Waals surface area contributed by atoms with Crippen molar-refractivity contribution >= 4 is 5.97 Å². The third-order valence-electron chi connectivity index (χ3n) is 3.54. The Kier molecular flexibility index (Phi) is 3.78. The van der Waals surface area contributed by atoms with E-state index in [2.05, 4.69) is 15.5 Å². The summed E-state index contributed by atoms with van der Waals surface area (Å²) in [6, 6.07) is 0.319. The zero-order valence-electron chi connectivity index (χ0n) is 10.1. The number of hydrogen-bond acceptors (Lipinski definition) is 3. The highest BCUT2D eigenvalue weighted by Crippen LogP contribution is 2.24. The van der Waals surface area contributed by atoms with Gasteiger partial charge in [0.05, 0.1) is 12.1 Å². The molecule has 0 bridgehead atoms. The van der Waals surface area contributed by atoms with Crippen LogP contribution in [0.5, 0.6) is 0 Å². The van der Waals surface area contributed by atoms with Crippen molar-refractivity contribution < 1.29 is 9.90 Å². The molecule has 0 aromatic carbocycles. The molecule has 94 valence electrons. The lowest BCUT2D eigenvalue weighted by molar-refractivity contribution is -0.143. The molecule has 1 heterocycles. The molecule has 5 nitrogen and oxygen atoms in total. The predicted octanol–water partition coefficient (Wildman–Crippen LogP) is 1.45. The van der Waals surface area contributed by atoms with E-state index in [-0.39, 0.29) is 5.92 Å². The molecule has 0 spiro atoms. The molecule has 1 aromatic heterocycles. The summed E-state index contributed by atoms with van der Waals surface area (Å²) in [4.78, 5) is 10.9. The maximum absolute atomic E-state index is 10.9. The standard InChI is InChI=1S/C12H19N3O2/c1-8-10(7-14-15-8)6-13-11-4-2-3-9(5-11)12(16)17/h7,9,11,13H,2-6H2,1H3,(H,14,15)(H,16,17). The molecule has 0 aliphatic heterocycles. The Morgan fingerprint density at radius 3 is 3.12 bits per heavy atom. The van der Waals surface area contributed by atoms with E-state index in [0.29, 0.717) is 6.04 Å². The smallest absolute Gasteiger partial charge is 0.306 e. The van der Waals surface area contributed by atoms with Crippen LogP contribution in [-0.4, -0.2) is 27.3 Å². The first-order chi connectivity index (χ1) is 8.16. The third-order valence-corrected chi connectivity index (χ3v) is 3.54. The van der Waals surface area contributed by atoms with Gasteiger partial charge < -0.3 is 10.4 Å². The van der Waals surface area contributed by atoms with Crippen molar-refractivity contribution in [3.63, 3.8) is 0 Å². The molecule has 2 unspecified atom stereocenters. The molecule has 0 amide bonds. The fraction of sp³-hybridized carbons (Fsp3) is 0.667. The zero-order chi connectivity index (χ0) is 12.3. The van der Waals surface area contributed by atoms with E-state index in [4.69, 9.17) is 5.11 Å². The molecule has 1 aliphatic carbocycles. The molecule has 0 radical (unpaired) electrons. The molecule has 2 atom stereocenters. The molecule has 3 N–H and O–H groups in total. The summed E-state index contributed by atoms with van der Waals surface area (Å²) < 4.78 is 0. The van der Waals surface area contributed by atoms with Gasteiger partial charge in [0.2, 0.25) is 0 Å². The number of aliphatic carboxylic acids is 1. The van der Waals surface area contributed by atoms with Gasteiger partial charge in [0.1, 0.15) is 0 Å². The van der Waals surface area contributed by atoms with Crippen molar-refractivity contribution in [2.24, 2.45) is 5.92 Å². The van der Waals surface area contributed by atoms with Gasteiger partial charge in [0, 0.05) is 23.8 Å². The molecule has 1 fully saturated rings. The van der Waals surface area contributed by atoms with Crippen molar-refractivity contribution in [2.45, 2.75) is 45.2 Å². The number of aromatic amines is 1. The summed E-state index contributed by atoms with van der Waals surface area (Å²) in [7, 11) is 0. The minimum Gasteiger partial charge on any atom is -0.481 e. The number of aryl methyl sites for hydroxylation is 1. The Morgan fingerprint density at radius 2 is 2.47 bits per heavy atom. The molecule has 5 heteroatoms. The molecule has 1 saturated carbocycles. The minimum absolute atomic E-state index is 0.174. The Labute approximate surface area is 101 Å². The van der Waals surface area contributed by atoms with Crippen LogP contribution < -0.4 is 5.32 Å². The quantitative estimate of drug-likeness (QED) is 0.740. The topological polar surface area (TPSA) is 78.0 Å². The van der Waals surface area contributed by atoms with Gasteiger partial charge in [-0.05, 0) is 26.2 Å². The Hall–Kier alpha value is -1.36. The third kappa shape index (κ3) is 3.06. The average molecular weight is 237 g/mol. The molecular weight excluding hydrogens is 218 g/mol. The summed E-state index contributed by atoms with van der Waals surface area (Å²) in [5.41, 5.74) is 2.23. The van der Waals surface area contributed by atoms with Gasteiger partial charge >= 0.3 is 5.97 Å². The van der Waals surface area contributed by atoms with E-state index in [1.165, 1.54) is 0 Å².